The van der Waals surface area contributed by atoms with Crippen LogP contribution >= 0.6 is 0 Å². The minimum absolute atomic E-state index is 0.0588. The van der Waals surface area contributed by atoms with E-state index < -0.39 is 0 Å². The zero-order valence-electron chi connectivity index (χ0n) is 9.48. The van der Waals surface area contributed by atoms with Gasteiger partial charge in [0.25, 0.3) is 0 Å². The average Bonchev–Trinajstić information content (AvgIpc) is 2.38. The monoisotopic (exact) mass is 232 g/mol. The normalized spacial score (nSPS) is 10.3. The molecule has 0 fully saturated rings. The molecule has 2 rings (SSSR count). The number of aliphatic hydroxyl groups excluding tert-OH is 1. The van der Waals surface area contributed by atoms with Crippen molar-refractivity contribution in [2.24, 2.45) is 0 Å². The maximum atomic E-state index is 13.1. The van der Waals surface area contributed by atoms with E-state index in [4.69, 9.17) is 4.74 Å². The van der Waals surface area contributed by atoms with Crippen LogP contribution in [0.2, 0.25) is 0 Å². The van der Waals surface area contributed by atoms with Gasteiger partial charge >= 0.3 is 0 Å². The number of hydrogen-bond acceptors (Lipinski definition) is 2. The molecule has 0 saturated heterocycles. The van der Waals surface area contributed by atoms with Crippen LogP contribution in [0.15, 0.2) is 42.5 Å². The molecule has 0 bridgehead atoms. The molecule has 0 heterocycles. The van der Waals surface area contributed by atoms with E-state index in [-0.39, 0.29) is 12.4 Å². The van der Waals surface area contributed by atoms with E-state index in [9.17, 15) is 9.50 Å². The molecule has 88 valence electrons. The molecule has 0 aliphatic rings. The largest absolute Gasteiger partial charge is 0.496 e. The Hall–Kier alpha value is -1.87. The lowest BCUT2D eigenvalue weighted by atomic mass is 9.99. The van der Waals surface area contributed by atoms with Gasteiger partial charge in [-0.05, 0) is 23.3 Å². The van der Waals surface area contributed by atoms with Crippen LogP contribution in [0.1, 0.15) is 5.56 Å². The third-order valence-electron chi connectivity index (χ3n) is 2.64. The summed E-state index contributed by atoms with van der Waals surface area (Å²) in [6.45, 7) is -0.0588. The van der Waals surface area contributed by atoms with Crippen molar-refractivity contribution in [2.45, 2.75) is 6.61 Å². The van der Waals surface area contributed by atoms with Gasteiger partial charge < -0.3 is 9.84 Å². The molecule has 0 aromatic heterocycles. The van der Waals surface area contributed by atoms with E-state index in [1.165, 1.54) is 19.2 Å². The van der Waals surface area contributed by atoms with E-state index in [1.54, 1.807) is 6.07 Å². The first-order chi connectivity index (χ1) is 8.26. The Morgan fingerprint density at radius 1 is 1.12 bits per heavy atom. The summed E-state index contributed by atoms with van der Waals surface area (Å²) in [4.78, 5) is 0. The molecule has 0 saturated carbocycles. The van der Waals surface area contributed by atoms with E-state index >= 15 is 0 Å². The second kappa shape index (κ2) is 4.97. The summed E-state index contributed by atoms with van der Waals surface area (Å²) in [6.07, 6.45) is 0. The summed E-state index contributed by atoms with van der Waals surface area (Å²) < 4.78 is 18.3. The summed E-state index contributed by atoms with van der Waals surface area (Å²) in [5.41, 5.74) is 2.42. The third-order valence-corrected chi connectivity index (χ3v) is 2.64. The highest BCUT2D eigenvalue weighted by molar-refractivity contribution is 5.73. The predicted octanol–water partition coefficient (Wildman–Crippen LogP) is 2.99. The zero-order chi connectivity index (χ0) is 12.3. The van der Waals surface area contributed by atoms with Crippen LogP contribution in [-0.4, -0.2) is 12.2 Å². The average molecular weight is 232 g/mol. The highest BCUT2D eigenvalue weighted by atomic mass is 19.1. The topological polar surface area (TPSA) is 29.5 Å². The maximum Gasteiger partial charge on any atom is 0.129 e. The second-order valence-corrected chi connectivity index (χ2v) is 3.66. The number of hydrogen-bond donors (Lipinski definition) is 1. The van der Waals surface area contributed by atoms with Gasteiger partial charge in [-0.2, -0.15) is 0 Å². The molecule has 1 N–H and O–H groups in total. The molecular weight excluding hydrogens is 219 g/mol. The fraction of sp³-hybridized carbons (Fsp3) is 0.143. The van der Waals surface area contributed by atoms with Gasteiger partial charge in [-0.1, -0.05) is 24.3 Å². The fourth-order valence-corrected chi connectivity index (χ4v) is 1.81. The highest BCUT2D eigenvalue weighted by Gasteiger charge is 2.10. The van der Waals surface area contributed by atoms with Crippen LogP contribution in [0.25, 0.3) is 11.1 Å². The van der Waals surface area contributed by atoms with Gasteiger partial charge in [-0.15, -0.1) is 0 Å². The molecule has 0 aliphatic carbocycles. The Kier molecular flexibility index (Phi) is 3.40. The molecule has 17 heavy (non-hydrogen) atoms. The second-order valence-electron chi connectivity index (χ2n) is 3.66. The van der Waals surface area contributed by atoms with Crippen molar-refractivity contribution in [1.82, 2.24) is 0 Å². The third kappa shape index (κ3) is 2.29. The number of halogens is 1. The lowest BCUT2D eigenvalue weighted by molar-refractivity contribution is 0.282. The molecule has 2 nitrogen and oxygen atoms in total. The summed E-state index contributed by atoms with van der Waals surface area (Å²) in [6, 6.07) is 11.8. The molecule has 0 unspecified atom stereocenters. The molecule has 3 heteroatoms. The van der Waals surface area contributed by atoms with Crippen LogP contribution < -0.4 is 4.74 Å². The van der Waals surface area contributed by atoms with E-state index in [0.29, 0.717) is 5.75 Å². The fourth-order valence-electron chi connectivity index (χ4n) is 1.81. The molecule has 2 aromatic carbocycles. The quantitative estimate of drug-likeness (QED) is 0.881. The number of ether oxygens (including phenoxy) is 1. The number of rotatable bonds is 3. The van der Waals surface area contributed by atoms with Crippen LogP contribution in [0.5, 0.6) is 5.75 Å². The predicted molar refractivity (Wildman–Crippen MR) is 64.3 cm³/mol. The minimum Gasteiger partial charge on any atom is -0.496 e. The Morgan fingerprint density at radius 2 is 1.88 bits per heavy atom. The van der Waals surface area contributed by atoms with Gasteiger partial charge in [-0.3, -0.25) is 0 Å². The lowest BCUT2D eigenvalue weighted by Gasteiger charge is -2.11. The molecule has 0 spiro atoms. The van der Waals surface area contributed by atoms with Crippen molar-refractivity contribution in [1.29, 1.82) is 0 Å². The summed E-state index contributed by atoms with van der Waals surface area (Å²) >= 11 is 0. The van der Waals surface area contributed by atoms with Crippen molar-refractivity contribution < 1.29 is 14.2 Å². The van der Waals surface area contributed by atoms with Crippen LogP contribution in [-0.2, 0) is 6.61 Å². The standard InChI is InChI=1S/C14H13FO2/c1-17-14-8-11(15)6-7-13(14)12-5-3-2-4-10(12)9-16/h2-8,16H,9H2,1H3. The molecule has 0 amide bonds. The van der Waals surface area contributed by atoms with Crippen molar-refractivity contribution in [3.05, 3.63) is 53.8 Å². The van der Waals surface area contributed by atoms with Crippen molar-refractivity contribution in [3.63, 3.8) is 0 Å². The van der Waals surface area contributed by atoms with Gasteiger partial charge in [-0.25, -0.2) is 4.39 Å². The van der Waals surface area contributed by atoms with Crippen LogP contribution in [0.3, 0.4) is 0 Å². The molecule has 0 radical (unpaired) electrons. The Bertz CT molecular complexity index is 523. The van der Waals surface area contributed by atoms with Crippen LogP contribution in [0, 0.1) is 5.82 Å². The minimum atomic E-state index is -0.341. The van der Waals surface area contributed by atoms with Gasteiger partial charge in [0.05, 0.1) is 13.7 Å². The van der Waals surface area contributed by atoms with Gasteiger partial charge in [0, 0.05) is 11.6 Å². The first-order valence-electron chi connectivity index (χ1n) is 5.29. The van der Waals surface area contributed by atoms with Crippen LogP contribution in [0.4, 0.5) is 4.39 Å². The van der Waals surface area contributed by atoms with Crippen molar-refractivity contribution in [3.8, 4) is 16.9 Å². The van der Waals surface area contributed by atoms with Gasteiger partial charge in [0.2, 0.25) is 0 Å². The summed E-state index contributed by atoms with van der Waals surface area (Å²) in [5, 5.41) is 9.28. The lowest BCUT2D eigenvalue weighted by Crippen LogP contribution is -1.93. The first kappa shape index (κ1) is 11.6. The SMILES string of the molecule is COc1cc(F)ccc1-c1ccccc1CO. The first-order valence-corrected chi connectivity index (χ1v) is 5.29. The highest BCUT2D eigenvalue weighted by Crippen LogP contribution is 2.32. The molecule has 0 aliphatic heterocycles. The Labute approximate surface area is 99.3 Å². The molecule has 0 atom stereocenters. The smallest absolute Gasteiger partial charge is 0.129 e. The zero-order valence-corrected chi connectivity index (χ0v) is 9.48. The number of aliphatic hydroxyl groups is 1. The van der Waals surface area contributed by atoms with Gasteiger partial charge in [0.15, 0.2) is 0 Å². The molecule has 2 aromatic rings. The Morgan fingerprint density at radius 3 is 2.59 bits per heavy atom. The van der Waals surface area contributed by atoms with Crippen molar-refractivity contribution >= 4 is 0 Å². The van der Waals surface area contributed by atoms with Crippen molar-refractivity contribution in [2.75, 3.05) is 7.11 Å². The van der Waals surface area contributed by atoms with Gasteiger partial charge in [0.1, 0.15) is 11.6 Å². The van der Waals surface area contributed by atoms with E-state index in [0.717, 1.165) is 16.7 Å². The van der Waals surface area contributed by atoms with E-state index in [1.807, 2.05) is 24.3 Å². The maximum absolute atomic E-state index is 13.1. The summed E-state index contributed by atoms with van der Waals surface area (Å²) in [7, 11) is 1.50. The number of methoxy groups -OCH3 is 1. The number of benzene rings is 2. The Balaban J connectivity index is 2.59. The van der Waals surface area contributed by atoms with E-state index in [2.05, 4.69) is 0 Å². The molecular formula is C14H13FO2. The summed E-state index contributed by atoms with van der Waals surface area (Å²) in [5.74, 6) is 0.123.